The maximum Gasteiger partial charge on any atom is 0.180 e. The fourth-order valence-corrected chi connectivity index (χ4v) is 3.31. The van der Waals surface area contributed by atoms with E-state index in [-0.39, 0.29) is 0 Å². The van der Waals surface area contributed by atoms with E-state index in [9.17, 15) is 0 Å². The van der Waals surface area contributed by atoms with Gasteiger partial charge in [-0.2, -0.15) is 0 Å². The summed E-state index contributed by atoms with van der Waals surface area (Å²) in [7, 11) is 0. The van der Waals surface area contributed by atoms with Gasteiger partial charge in [0.1, 0.15) is 0 Å². The van der Waals surface area contributed by atoms with E-state index >= 15 is 0 Å². The van der Waals surface area contributed by atoms with Crippen LogP contribution in [0.25, 0.3) is 20.5 Å². The van der Waals surface area contributed by atoms with Gasteiger partial charge in [-0.1, -0.05) is 29.5 Å². The zero-order valence-corrected chi connectivity index (χ0v) is 9.44. The van der Waals surface area contributed by atoms with Crippen molar-refractivity contribution in [2.24, 2.45) is 0 Å². The van der Waals surface area contributed by atoms with E-state index in [0.29, 0.717) is 5.13 Å². The summed E-state index contributed by atoms with van der Waals surface area (Å²) in [5.41, 5.74) is 6.88. The highest BCUT2D eigenvalue weighted by atomic mass is 32.1. The molecule has 0 amide bonds. The van der Waals surface area contributed by atoms with Gasteiger partial charge < -0.3 is 5.73 Å². The normalized spacial score (nSPS) is 10.9. The summed E-state index contributed by atoms with van der Waals surface area (Å²) in [6.45, 7) is 0. The molecule has 3 aromatic rings. The first kappa shape index (κ1) is 8.88. The number of nitrogen functional groups attached to an aromatic ring is 1. The lowest BCUT2D eigenvalue weighted by atomic mass is 10.1. The number of hydrogen-bond acceptors (Lipinski definition) is 4. The standard InChI is InChI=1S/C11H8N2S2/c12-11-13-6-9(15-11)8-3-1-2-7-4-5-14-10(7)8/h1-6H,(H2,12,13). The molecular weight excluding hydrogens is 224 g/mol. The minimum absolute atomic E-state index is 0.624. The summed E-state index contributed by atoms with van der Waals surface area (Å²) in [4.78, 5) is 5.22. The van der Waals surface area contributed by atoms with E-state index in [1.54, 1.807) is 11.3 Å². The predicted octanol–water partition coefficient (Wildman–Crippen LogP) is 3.61. The third-order valence-corrected chi connectivity index (χ3v) is 4.09. The van der Waals surface area contributed by atoms with Crippen molar-refractivity contribution in [3.05, 3.63) is 35.8 Å². The Morgan fingerprint density at radius 2 is 2.13 bits per heavy atom. The van der Waals surface area contributed by atoms with Crippen LogP contribution in [0.2, 0.25) is 0 Å². The first-order valence-electron chi connectivity index (χ1n) is 4.52. The van der Waals surface area contributed by atoms with E-state index in [1.165, 1.54) is 27.0 Å². The van der Waals surface area contributed by atoms with Crippen LogP contribution in [-0.4, -0.2) is 4.98 Å². The number of benzene rings is 1. The summed E-state index contributed by atoms with van der Waals surface area (Å²) in [5.74, 6) is 0. The molecule has 0 atom stereocenters. The van der Waals surface area contributed by atoms with Gasteiger partial charge in [-0.3, -0.25) is 0 Å². The Morgan fingerprint density at radius 1 is 1.20 bits per heavy atom. The van der Waals surface area contributed by atoms with Crippen LogP contribution < -0.4 is 5.73 Å². The molecule has 0 unspecified atom stereocenters. The second-order valence-corrected chi connectivity index (χ2v) is 5.19. The van der Waals surface area contributed by atoms with Gasteiger partial charge in [-0.25, -0.2) is 4.98 Å². The van der Waals surface area contributed by atoms with E-state index in [4.69, 9.17) is 5.73 Å². The second-order valence-electron chi connectivity index (χ2n) is 3.21. The predicted molar refractivity (Wildman–Crippen MR) is 67.3 cm³/mol. The highest BCUT2D eigenvalue weighted by Gasteiger charge is 2.07. The molecule has 15 heavy (non-hydrogen) atoms. The molecule has 0 saturated heterocycles. The van der Waals surface area contributed by atoms with Gasteiger partial charge in [0.05, 0.1) is 4.88 Å². The molecule has 2 heterocycles. The number of hydrogen-bond donors (Lipinski definition) is 1. The molecule has 74 valence electrons. The van der Waals surface area contributed by atoms with Crippen molar-refractivity contribution in [1.82, 2.24) is 4.98 Å². The molecule has 0 aliphatic carbocycles. The number of rotatable bonds is 1. The van der Waals surface area contributed by atoms with Crippen LogP contribution >= 0.6 is 22.7 Å². The number of nitrogens with two attached hydrogens (primary N) is 1. The number of thiazole rings is 1. The Morgan fingerprint density at radius 3 is 2.93 bits per heavy atom. The van der Waals surface area contributed by atoms with Crippen LogP contribution in [0.4, 0.5) is 5.13 Å². The Bertz CT molecular complexity index is 610. The molecule has 2 N–H and O–H groups in total. The first-order chi connectivity index (χ1) is 7.34. The van der Waals surface area contributed by atoms with E-state index in [2.05, 4.69) is 34.6 Å². The number of thiophene rings is 1. The van der Waals surface area contributed by atoms with Gasteiger partial charge in [0.15, 0.2) is 5.13 Å². The molecule has 2 nitrogen and oxygen atoms in total. The summed E-state index contributed by atoms with van der Waals surface area (Å²) in [6, 6.07) is 8.44. The van der Waals surface area contributed by atoms with Crippen LogP contribution in [0.5, 0.6) is 0 Å². The van der Waals surface area contributed by atoms with Gasteiger partial charge in [-0.15, -0.1) is 11.3 Å². The maximum absolute atomic E-state index is 5.65. The molecule has 0 radical (unpaired) electrons. The molecule has 0 fully saturated rings. The lowest BCUT2D eigenvalue weighted by molar-refractivity contribution is 1.43. The van der Waals surface area contributed by atoms with Crippen molar-refractivity contribution in [1.29, 1.82) is 0 Å². The van der Waals surface area contributed by atoms with E-state index in [0.717, 1.165) is 4.88 Å². The molecule has 0 spiro atoms. The zero-order chi connectivity index (χ0) is 10.3. The van der Waals surface area contributed by atoms with Crippen molar-refractivity contribution in [2.45, 2.75) is 0 Å². The number of anilines is 1. The van der Waals surface area contributed by atoms with Gasteiger partial charge in [0.2, 0.25) is 0 Å². The summed E-state index contributed by atoms with van der Waals surface area (Å²) in [5, 5.41) is 4.02. The molecule has 0 saturated carbocycles. The molecular formula is C11H8N2S2. The van der Waals surface area contributed by atoms with Crippen molar-refractivity contribution < 1.29 is 0 Å². The minimum atomic E-state index is 0.624. The average molecular weight is 232 g/mol. The highest BCUT2D eigenvalue weighted by molar-refractivity contribution is 7.20. The van der Waals surface area contributed by atoms with Crippen LogP contribution in [-0.2, 0) is 0 Å². The van der Waals surface area contributed by atoms with Crippen LogP contribution in [0.3, 0.4) is 0 Å². The smallest absolute Gasteiger partial charge is 0.180 e. The lowest BCUT2D eigenvalue weighted by Gasteiger charge is -1.97. The van der Waals surface area contributed by atoms with Crippen molar-refractivity contribution >= 4 is 37.9 Å². The molecule has 3 rings (SSSR count). The van der Waals surface area contributed by atoms with Crippen molar-refractivity contribution in [3.8, 4) is 10.4 Å². The van der Waals surface area contributed by atoms with E-state index in [1.807, 2.05) is 6.20 Å². The topological polar surface area (TPSA) is 38.9 Å². The second kappa shape index (κ2) is 3.32. The third kappa shape index (κ3) is 1.42. The largest absolute Gasteiger partial charge is 0.375 e. The molecule has 1 aromatic carbocycles. The highest BCUT2D eigenvalue weighted by Crippen LogP contribution is 2.35. The maximum atomic E-state index is 5.65. The summed E-state index contributed by atoms with van der Waals surface area (Å²) < 4.78 is 1.31. The first-order valence-corrected chi connectivity index (χ1v) is 6.22. The van der Waals surface area contributed by atoms with Gasteiger partial charge in [-0.05, 0) is 16.8 Å². The number of aromatic nitrogens is 1. The Kier molecular flexibility index (Phi) is 1.97. The summed E-state index contributed by atoms with van der Waals surface area (Å²) >= 11 is 3.29. The minimum Gasteiger partial charge on any atom is -0.375 e. The Balaban J connectivity index is 2.30. The van der Waals surface area contributed by atoms with Crippen molar-refractivity contribution in [2.75, 3.05) is 5.73 Å². The Labute approximate surface area is 95.0 Å². The number of fused-ring (bicyclic) bond motifs is 1. The molecule has 0 aliphatic heterocycles. The SMILES string of the molecule is Nc1ncc(-c2cccc3ccsc23)s1. The van der Waals surface area contributed by atoms with E-state index < -0.39 is 0 Å². The van der Waals surface area contributed by atoms with Gasteiger partial charge >= 0.3 is 0 Å². The monoisotopic (exact) mass is 232 g/mol. The fourth-order valence-electron chi connectivity index (χ4n) is 1.60. The molecule has 4 heteroatoms. The lowest BCUT2D eigenvalue weighted by Crippen LogP contribution is -1.77. The molecule has 0 bridgehead atoms. The third-order valence-electron chi connectivity index (χ3n) is 2.27. The summed E-state index contributed by atoms with van der Waals surface area (Å²) in [6.07, 6.45) is 1.84. The zero-order valence-electron chi connectivity index (χ0n) is 7.81. The molecule has 0 aliphatic rings. The van der Waals surface area contributed by atoms with Crippen LogP contribution in [0.1, 0.15) is 0 Å². The quantitative estimate of drug-likeness (QED) is 0.696. The Hall–Kier alpha value is -1.39. The number of nitrogens with zero attached hydrogens (tertiary/aromatic N) is 1. The van der Waals surface area contributed by atoms with Crippen LogP contribution in [0, 0.1) is 0 Å². The van der Waals surface area contributed by atoms with Crippen molar-refractivity contribution in [3.63, 3.8) is 0 Å². The average Bonchev–Trinajstić information content (AvgIpc) is 2.84. The van der Waals surface area contributed by atoms with Gasteiger partial charge in [0.25, 0.3) is 0 Å². The van der Waals surface area contributed by atoms with Gasteiger partial charge in [0, 0.05) is 16.5 Å². The fraction of sp³-hybridized carbons (Fsp3) is 0. The molecule has 2 aromatic heterocycles. The van der Waals surface area contributed by atoms with Crippen LogP contribution in [0.15, 0.2) is 35.8 Å².